The lowest BCUT2D eigenvalue weighted by molar-refractivity contribution is -0.147. The predicted molar refractivity (Wildman–Crippen MR) is 84.4 cm³/mol. The molecule has 0 radical (unpaired) electrons. The fourth-order valence-corrected chi connectivity index (χ4v) is 3.06. The van der Waals surface area contributed by atoms with Crippen LogP contribution in [0.25, 0.3) is 0 Å². The number of amides is 2. The van der Waals surface area contributed by atoms with Crippen LogP contribution in [-0.2, 0) is 20.9 Å². The topological polar surface area (TPSA) is 87.2 Å². The molecule has 1 aromatic rings. The van der Waals surface area contributed by atoms with E-state index in [-0.39, 0.29) is 25.0 Å². The normalized spacial score (nSPS) is 21.2. The zero-order valence-corrected chi connectivity index (χ0v) is 13.3. The second-order valence-electron chi connectivity index (χ2n) is 6.04. The Hall–Kier alpha value is -2.41. The average Bonchev–Trinajstić information content (AvgIpc) is 3.00. The molecule has 7 nitrogen and oxygen atoms in total. The van der Waals surface area contributed by atoms with Crippen molar-refractivity contribution >= 4 is 17.8 Å². The van der Waals surface area contributed by atoms with E-state index in [4.69, 9.17) is 4.74 Å². The molecule has 2 aliphatic rings. The van der Waals surface area contributed by atoms with Crippen LogP contribution in [0.4, 0.5) is 0 Å². The number of benzene rings is 1. The molecule has 2 aliphatic heterocycles. The van der Waals surface area contributed by atoms with Crippen molar-refractivity contribution in [3.63, 3.8) is 0 Å². The van der Waals surface area contributed by atoms with E-state index in [1.807, 2.05) is 12.1 Å². The van der Waals surface area contributed by atoms with Crippen molar-refractivity contribution in [2.24, 2.45) is 0 Å². The summed E-state index contributed by atoms with van der Waals surface area (Å²) in [5, 5.41) is 9.22. The molecule has 2 heterocycles. The van der Waals surface area contributed by atoms with E-state index < -0.39 is 12.0 Å². The fraction of sp³-hybridized carbons (Fsp3) is 0.471. The van der Waals surface area contributed by atoms with Gasteiger partial charge in [-0.25, -0.2) is 4.79 Å². The van der Waals surface area contributed by atoms with Crippen molar-refractivity contribution in [3.8, 4) is 0 Å². The number of rotatable bonds is 4. The summed E-state index contributed by atoms with van der Waals surface area (Å²) in [7, 11) is 0. The molecule has 0 saturated carbocycles. The smallest absolute Gasteiger partial charge is 0.328 e. The van der Waals surface area contributed by atoms with Gasteiger partial charge in [-0.3, -0.25) is 9.59 Å². The summed E-state index contributed by atoms with van der Waals surface area (Å²) in [5.41, 5.74) is 1.40. The number of likely N-dealkylation sites (tertiary alicyclic amines) is 1. The molecule has 24 heavy (non-hydrogen) atoms. The lowest BCUT2D eigenvalue weighted by Crippen LogP contribution is -2.52. The number of carboxylic acid groups (broad SMARTS) is 1. The van der Waals surface area contributed by atoms with Gasteiger partial charge >= 0.3 is 5.97 Å². The first-order chi connectivity index (χ1) is 11.6. The monoisotopic (exact) mass is 332 g/mol. The van der Waals surface area contributed by atoms with Crippen LogP contribution in [0.3, 0.4) is 0 Å². The second kappa shape index (κ2) is 7.00. The highest BCUT2D eigenvalue weighted by Gasteiger charge is 2.33. The van der Waals surface area contributed by atoms with Gasteiger partial charge in [-0.1, -0.05) is 12.1 Å². The van der Waals surface area contributed by atoms with Gasteiger partial charge < -0.3 is 19.6 Å². The molecule has 0 aromatic heterocycles. The first-order valence-electron chi connectivity index (χ1n) is 8.04. The maximum atomic E-state index is 12.6. The quantitative estimate of drug-likeness (QED) is 0.878. The van der Waals surface area contributed by atoms with E-state index in [0.717, 1.165) is 18.5 Å². The highest BCUT2D eigenvalue weighted by molar-refractivity contribution is 5.96. The largest absolute Gasteiger partial charge is 0.480 e. The van der Waals surface area contributed by atoms with Crippen molar-refractivity contribution in [2.45, 2.75) is 25.4 Å². The minimum atomic E-state index is -1.06. The van der Waals surface area contributed by atoms with Crippen LogP contribution >= 0.6 is 0 Å². The minimum Gasteiger partial charge on any atom is -0.480 e. The summed E-state index contributed by atoms with van der Waals surface area (Å²) in [6.45, 7) is 1.93. The van der Waals surface area contributed by atoms with Crippen molar-refractivity contribution < 1.29 is 24.2 Å². The number of morpholine rings is 1. The Balaban J connectivity index is 1.69. The molecule has 2 saturated heterocycles. The number of nitrogens with zero attached hydrogens (tertiary/aromatic N) is 2. The lowest BCUT2D eigenvalue weighted by Gasteiger charge is -2.32. The molecule has 2 fully saturated rings. The van der Waals surface area contributed by atoms with Crippen LogP contribution in [0.2, 0.25) is 0 Å². The molecule has 0 unspecified atom stereocenters. The first-order valence-corrected chi connectivity index (χ1v) is 8.04. The Labute approximate surface area is 139 Å². The van der Waals surface area contributed by atoms with E-state index >= 15 is 0 Å². The SMILES string of the molecule is O=C(O)[C@H]1COCCN1C(=O)c1ccc(CN2CCCC2=O)cc1. The zero-order chi connectivity index (χ0) is 17.1. The van der Waals surface area contributed by atoms with Crippen LogP contribution in [-0.4, -0.2) is 65.0 Å². The first kappa shape index (κ1) is 16.4. The summed E-state index contributed by atoms with van der Waals surface area (Å²) < 4.78 is 5.15. The lowest BCUT2D eigenvalue weighted by atomic mass is 10.1. The number of carbonyl (C=O) groups excluding carboxylic acids is 2. The van der Waals surface area contributed by atoms with Gasteiger partial charge in [-0.2, -0.15) is 0 Å². The van der Waals surface area contributed by atoms with Gasteiger partial charge in [0.1, 0.15) is 0 Å². The minimum absolute atomic E-state index is 0.0101. The Morgan fingerprint density at radius 3 is 2.58 bits per heavy atom. The molecule has 0 bridgehead atoms. The second-order valence-corrected chi connectivity index (χ2v) is 6.04. The van der Waals surface area contributed by atoms with E-state index in [1.165, 1.54) is 4.90 Å². The van der Waals surface area contributed by atoms with Crippen LogP contribution in [0, 0.1) is 0 Å². The highest BCUT2D eigenvalue weighted by atomic mass is 16.5. The number of carboxylic acids is 1. The molecule has 0 spiro atoms. The maximum absolute atomic E-state index is 12.6. The number of carbonyl (C=O) groups is 3. The summed E-state index contributed by atoms with van der Waals surface area (Å²) in [6.07, 6.45) is 1.49. The van der Waals surface area contributed by atoms with Crippen molar-refractivity contribution in [2.75, 3.05) is 26.3 Å². The molecular formula is C17H20N2O5. The summed E-state index contributed by atoms with van der Waals surface area (Å²) in [6, 6.07) is 6.05. The highest BCUT2D eigenvalue weighted by Crippen LogP contribution is 2.17. The standard InChI is InChI=1S/C17H20N2O5/c20-15-2-1-7-18(15)10-12-3-5-13(6-4-12)16(21)19-8-9-24-11-14(19)17(22)23/h3-6,14H,1-2,7-11H2,(H,22,23)/t14-/m1/s1. The fourth-order valence-electron chi connectivity index (χ4n) is 3.06. The molecule has 0 aliphatic carbocycles. The van der Waals surface area contributed by atoms with Gasteiger partial charge in [-0.05, 0) is 24.1 Å². The van der Waals surface area contributed by atoms with Gasteiger partial charge in [0.2, 0.25) is 5.91 Å². The Bertz CT molecular complexity index is 643. The van der Waals surface area contributed by atoms with Crippen LogP contribution < -0.4 is 0 Å². The molecule has 1 aromatic carbocycles. The van der Waals surface area contributed by atoms with E-state index in [0.29, 0.717) is 25.1 Å². The third kappa shape index (κ3) is 3.41. The molecule has 7 heteroatoms. The molecule has 128 valence electrons. The van der Waals surface area contributed by atoms with E-state index in [1.54, 1.807) is 17.0 Å². The van der Waals surface area contributed by atoms with Gasteiger partial charge in [0, 0.05) is 31.6 Å². The zero-order valence-electron chi connectivity index (χ0n) is 13.3. The van der Waals surface area contributed by atoms with E-state index in [2.05, 4.69) is 0 Å². The van der Waals surface area contributed by atoms with E-state index in [9.17, 15) is 19.5 Å². The molecule has 3 rings (SSSR count). The van der Waals surface area contributed by atoms with Gasteiger partial charge in [0.05, 0.1) is 13.2 Å². The molecule has 2 amide bonds. The van der Waals surface area contributed by atoms with Crippen molar-refractivity contribution in [1.82, 2.24) is 9.80 Å². The molecule has 1 atom stereocenters. The third-order valence-corrected chi connectivity index (χ3v) is 4.42. The summed E-state index contributed by atoms with van der Waals surface area (Å²) in [4.78, 5) is 38.6. The molecule has 1 N–H and O–H groups in total. The number of ether oxygens (including phenoxy) is 1. The van der Waals surface area contributed by atoms with Gasteiger partial charge in [0.15, 0.2) is 6.04 Å². The Kier molecular flexibility index (Phi) is 4.80. The Morgan fingerprint density at radius 1 is 1.21 bits per heavy atom. The maximum Gasteiger partial charge on any atom is 0.328 e. The average molecular weight is 332 g/mol. The predicted octanol–water partition coefficient (Wildman–Crippen LogP) is 0.735. The van der Waals surface area contributed by atoms with Gasteiger partial charge in [-0.15, -0.1) is 0 Å². The summed E-state index contributed by atoms with van der Waals surface area (Å²) >= 11 is 0. The number of hydrogen-bond donors (Lipinski definition) is 1. The van der Waals surface area contributed by atoms with Crippen molar-refractivity contribution in [1.29, 1.82) is 0 Å². The summed E-state index contributed by atoms with van der Waals surface area (Å²) in [5.74, 6) is -1.21. The Morgan fingerprint density at radius 2 is 1.96 bits per heavy atom. The van der Waals surface area contributed by atoms with Gasteiger partial charge in [0.25, 0.3) is 5.91 Å². The third-order valence-electron chi connectivity index (χ3n) is 4.42. The number of aliphatic carboxylic acids is 1. The van der Waals surface area contributed by atoms with Crippen LogP contribution in [0.5, 0.6) is 0 Å². The molecular weight excluding hydrogens is 312 g/mol. The number of hydrogen-bond acceptors (Lipinski definition) is 4. The van der Waals surface area contributed by atoms with Crippen LogP contribution in [0.1, 0.15) is 28.8 Å². The van der Waals surface area contributed by atoms with Crippen LogP contribution in [0.15, 0.2) is 24.3 Å². The van der Waals surface area contributed by atoms with Crippen molar-refractivity contribution in [3.05, 3.63) is 35.4 Å².